The van der Waals surface area contributed by atoms with Crippen LogP contribution < -0.4 is 10.6 Å². The Balaban J connectivity index is 1.47. The number of imidazole rings is 1. The highest BCUT2D eigenvalue weighted by molar-refractivity contribution is 5.88. The number of hydrogen-bond acceptors (Lipinski definition) is 3. The van der Waals surface area contributed by atoms with E-state index in [1.54, 1.807) is 12.4 Å². The lowest BCUT2D eigenvalue weighted by Crippen LogP contribution is -2.31. The number of aromatic amines is 1. The first-order valence-corrected chi connectivity index (χ1v) is 8.22. The molecule has 2 aromatic heterocycles. The number of H-pyrrole nitrogens is 1. The number of nitrogens with zero attached hydrogens (tertiary/aromatic N) is 3. The van der Waals surface area contributed by atoms with Gasteiger partial charge in [0.25, 0.3) is 0 Å². The molecule has 0 radical (unpaired) electrons. The summed E-state index contributed by atoms with van der Waals surface area (Å²) in [5.41, 5.74) is 0.922. The Morgan fingerprint density at radius 2 is 2.35 bits per heavy atom. The van der Waals surface area contributed by atoms with Gasteiger partial charge in [-0.2, -0.15) is 5.10 Å². The van der Waals surface area contributed by atoms with Crippen LogP contribution in [0.5, 0.6) is 0 Å². The molecule has 3 N–H and O–H groups in total. The highest BCUT2D eigenvalue weighted by Crippen LogP contribution is 2.40. The van der Waals surface area contributed by atoms with E-state index in [-0.39, 0.29) is 6.03 Å². The SMILES string of the molecule is Cc1cc(NC(=O)NCCCc2ncc[nH]2)n([C@@H](C)C2CC2)n1. The molecular formula is C16H24N6O. The van der Waals surface area contributed by atoms with Gasteiger partial charge in [0.1, 0.15) is 11.6 Å². The molecule has 0 unspecified atom stereocenters. The molecule has 1 saturated carbocycles. The maximum Gasteiger partial charge on any atom is 0.320 e. The summed E-state index contributed by atoms with van der Waals surface area (Å²) < 4.78 is 1.94. The fourth-order valence-corrected chi connectivity index (χ4v) is 2.75. The van der Waals surface area contributed by atoms with Gasteiger partial charge in [-0.05, 0) is 39.0 Å². The second kappa shape index (κ2) is 6.85. The number of urea groups is 1. The first-order valence-electron chi connectivity index (χ1n) is 8.22. The van der Waals surface area contributed by atoms with Gasteiger partial charge in [-0.25, -0.2) is 14.5 Å². The van der Waals surface area contributed by atoms with Crippen molar-refractivity contribution in [1.82, 2.24) is 25.1 Å². The minimum Gasteiger partial charge on any atom is -0.349 e. The fourth-order valence-electron chi connectivity index (χ4n) is 2.75. The maximum absolute atomic E-state index is 12.1. The third-order valence-corrected chi connectivity index (χ3v) is 4.22. The van der Waals surface area contributed by atoms with Crippen LogP contribution >= 0.6 is 0 Å². The normalized spacial score (nSPS) is 15.4. The van der Waals surface area contributed by atoms with E-state index >= 15 is 0 Å². The lowest BCUT2D eigenvalue weighted by molar-refractivity contribution is 0.251. The summed E-state index contributed by atoms with van der Waals surface area (Å²) in [6, 6.07) is 2.06. The molecular weight excluding hydrogens is 292 g/mol. The van der Waals surface area contributed by atoms with Gasteiger partial charge in [0.15, 0.2) is 0 Å². The molecule has 1 aliphatic carbocycles. The highest BCUT2D eigenvalue weighted by atomic mass is 16.2. The van der Waals surface area contributed by atoms with E-state index in [0.29, 0.717) is 18.5 Å². The molecule has 2 heterocycles. The van der Waals surface area contributed by atoms with E-state index in [4.69, 9.17) is 0 Å². The Morgan fingerprint density at radius 1 is 1.52 bits per heavy atom. The van der Waals surface area contributed by atoms with Crippen LogP contribution in [0.4, 0.5) is 10.6 Å². The Morgan fingerprint density at radius 3 is 3.04 bits per heavy atom. The van der Waals surface area contributed by atoms with Gasteiger partial charge in [0.2, 0.25) is 0 Å². The van der Waals surface area contributed by atoms with Gasteiger partial charge in [0.05, 0.1) is 11.7 Å². The third kappa shape index (κ3) is 4.12. The molecule has 0 bridgehead atoms. The minimum absolute atomic E-state index is 0.186. The summed E-state index contributed by atoms with van der Waals surface area (Å²) in [5.74, 6) is 2.40. The third-order valence-electron chi connectivity index (χ3n) is 4.22. The Kier molecular flexibility index (Phi) is 4.64. The molecule has 1 aliphatic rings. The molecule has 2 aromatic rings. The summed E-state index contributed by atoms with van der Waals surface area (Å²) >= 11 is 0. The molecule has 0 spiro atoms. The zero-order valence-electron chi connectivity index (χ0n) is 13.7. The zero-order chi connectivity index (χ0) is 16.2. The quantitative estimate of drug-likeness (QED) is 0.686. The van der Waals surface area contributed by atoms with Crippen LogP contribution in [0.2, 0.25) is 0 Å². The average molecular weight is 316 g/mol. The number of aromatic nitrogens is 4. The summed E-state index contributed by atoms with van der Waals surface area (Å²) in [7, 11) is 0. The van der Waals surface area contributed by atoms with Crippen LogP contribution in [-0.4, -0.2) is 32.3 Å². The monoisotopic (exact) mass is 316 g/mol. The van der Waals surface area contributed by atoms with Gasteiger partial charge in [-0.3, -0.25) is 5.32 Å². The summed E-state index contributed by atoms with van der Waals surface area (Å²) in [6.45, 7) is 4.72. The number of rotatable bonds is 7. The number of hydrogen-bond donors (Lipinski definition) is 3. The van der Waals surface area contributed by atoms with Crippen LogP contribution in [0.15, 0.2) is 18.5 Å². The first-order chi connectivity index (χ1) is 11.1. The van der Waals surface area contributed by atoms with Gasteiger partial charge in [-0.15, -0.1) is 0 Å². The molecule has 7 heteroatoms. The maximum atomic E-state index is 12.1. The van der Waals surface area contributed by atoms with Gasteiger partial charge >= 0.3 is 6.03 Å². The van der Waals surface area contributed by atoms with Gasteiger partial charge in [-0.1, -0.05) is 0 Å². The molecule has 1 atom stereocenters. The minimum atomic E-state index is -0.186. The number of carbonyl (C=O) groups excluding carboxylic acids is 1. The van der Waals surface area contributed by atoms with Crippen LogP contribution in [0.25, 0.3) is 0 Å². The zero-order valence-corrected chi connectivity index (χ0v) is 13.7. The lowest BCUT2D eigenvalue weighted by atomic mass is 10.2. The molecule has 0 saturated heterocycles. The van der Waals surface area contributed by atoms with E-state index in [9.17, 15) is 4.79 Å². The molecule has 2 amide bonds. The van der Waals surface area contributed by atoms with Crippen LogP contribution in [0.1, 0.15) is 43.7 Å². The van der Waals surface area contributed by atoms with Gasteiger partial charge in [0, 0.05) is 31.4 Å². The van der Waals surface area contributed by atoms with Crippen molar-refractivity contribution in [2.75, 3.05) is 11.9 Å². The highest BCUT2D eigenvalue weighted by Gasteiger charge is 2.31. The molecule has 23 heavy (non-hydrogen) atoms. The predicted octanol–water partition coefficient (Wildman–Crippen LogP) is 2.64. The predicted molar refractivity (Wildman–Crippen MR) is 88.3 cm³/mol. The lowest BCUT2D eigenvalue weighted by Gasteiger charge is -2.15. The summed E-state index contributed by atoms with van der Waals surface area (Å²) in [5, 5.41) is 10.3. The number of carbonyl (C=O) groups is 1. The number of aryl methyl sites for hydroxylation is 2. The van der Waals surface area contributed by atoms with E-state index < -0.39 is 0 Å². The van der Waals surface area contributed by atoms with Crippen molar-refractivity contribution in [1.29, 1.82) is 0 Å². The second-order valence-corrected chi connectivity index (χ2v) is 6.21. The van der Waals surface area contributed by atoms with E-state index in [1.165, 1.54) is 12.8 Å². The number of nitrogens with one attached hydrogen (secondary N) is 3. The number of anilines is 1. The summed E-state index contributed by atoms with van der Waals surface area (Å²) in [4.78, 5) is 19.3. The number of amides is 2. The molecule has 7 nitrogen and oxygen atoms in total. The topological polar surface area (TPSA) is 87.6 Å². The van der Waals surface area contributed by atoms with Crippen molar-refractivity contribution < 1.29 is 4.79 Å². The van der Waals surface area contributed by atoms with Crippen molar-refractivity contribution >= 4 is 11.8 Å². The smallest absolute Gasteiger partial charge is 0.320 e. The first kappa shape index (κ1) is 15.6. The van der Waals surface area contributed by atoms with Gasteiger partial charge < -0.3 is 10.3 Å². The van der Waals surface area contributed by atoms with Crippen molar-refractivity contribution in [2.45, 2.75) is 45.6 Å². The second-order valence-electron chi connectivity index (χ2n) is 6.21. The fraction of sp³-hybridized carbons (Fsp3) is 0.562. The van der Waals surface area contributed by atoms with Crippen LogP contribution in [0, 0.1) is 12.8 Å². The summed E-state index contributed by atoms with van der Waals surface area (Å²) in [6.07, 6.45) is 7.71. The largest absolute Gasteiger partial charge is 0.349 e. The molecule has 124 valence electrons. The van der Waals surface area contributed by atoms with Crippen molar-refractivity contribution in [3.63, 3.8) is 0 Å². The van der Waals surface area contributed by atoms with Crippen LogP contribution in [0.3, 0.4) is 0 Å². The van der Waals surface area contributed by atoms with E-state index in [1.807, 2.05) is 17.7 Å². The molecule has 0 aromatic carbocycles. The van der Waals surface area contributed by atoms with Crippen molar-refractivity contribution in [3.05, 3.63) is 30.0 Å². The molecule has 1 fully saturated rings. The van der Waals surface area contributed by atoms with E-state index in [0.717, 1.165) is 30.2 Å². The van der Waals surface area contributed by atoms with Crippen molar-refractivity contribution in [3.8, 4) is 0 Å². The Bertz CT molecular complexity index is 644. The average Bonchev–Trinajstić information content (AvgIpc) is 3.12. The van der Waals surface area contributed by atoms with Crippen LogP contribution in [-0.2, 0) is 6.42 Å². The van der Waals surface area contributed by atoms with Crippen molar-refractivity contribution in [2.24, 2.45) is 5.92 Å². The Hall–Kier alpha value is -2.31. The standard InChI is InChI=1S/C16H24N6O/c1-11-10-15(22(21-11)12(2)13-5-6-13)20-16(23)19-7-3-4-14-17-8-9-18-14/h8-10,12-13H,3-7H2,1-2H3,(H,17,18)(H2,19,20,23)/t12-/m0/s1. The van der Waals surface area contributed by atoms with E-state index in [2.05, 4.69) is 32.6 Å². The molecule has 3 rings (SSSR count). The molecule has 0 aliphatic heterocycles. The Labute approximate surface area is 135 Å².